The lowest BCUT2D eigenvalue weighted by molar-refractivity contribution is 0.0517. The Balaban J connectivity index is 1.22. The molecular weight excluding hydrogens is 599 g/mol. The van der Waals surface area contributed by atoms with E-state index in [0.29, 0.717) is 35.5 Å². The average molecular weight is 637 g/mol. The second-order valence-corrected chi connectivity index (χ2v) is 11.3. The monoisotopic (exact) mass is 636 g/mol. The van der Waals surface area contributed by atoms with Crippen LogP contribution in [-0.2, 0) is 16.0 Å². The van der Waals surface area contributed by atoms with Crippen LogP contribution in [0.3, 0.4) is 0 Å². The van der Waals surface area contributed by atoms with Crippen LogP contribution in [0.2, 0.25) is 0 Å². The van der Waals surface area contributed by atoms with E-state index in [9.17, 15) is 14.0 Å². The predicted molar refractivity (Wildman–Crippen MR) is 180 cm³/mol. The van der Waals surface area contributed by atoms with E-state index in [1.54, 1.807) is 62.6 Å². The molecule has 1 fully saturated rings. The molecule has 47 heavy (non-hydrogen) atoms. The van der Waals surface area contributed by atoms with Crippen LogP contribution in [0, 0.1) is 5.82 Å². The molecule has 0 saturated carbocycles. The SMILES string of the molecule is CCOC(=O)c1ccc(N2CCN(CCn3c(-c4cncc(-c5ccc(F)cc5)c4)nc4cc(C(=O)OCC)ccc43)CC2)c(N)c1. The zero-order chi connectivity index (χ0) is 32.9. The van der Waals surface area contributed by atoms with E-state index in [1.165, 1.54) is 12.1 Å². The quantitative estimate of drug-likeness (QED) is 0.153. The molecule has 0 unspecified atom stereocenters. The second kappa shape index (κ2) is 14.0. The van der Waals surface area contributed by atoms with Crippen LogP contribution in [0.15, 0.2) is 79.1 Å². The third-order valence-electron chi connectivity index (χ3n) is 8.32. The number of anilines is 2. The maximum atomic E-state index is 13.6. The van der Waals surface area contributed by atoms with Crippen molar-refractivity contribution < 1.29 is 23.5 Å². The highest BCUT2D eigenvalue weighted by atomic mass is 19.1. The molecule has 0 amide bonds. The molecule has 242 valence electrons. The fourth-order valence-electron chi connectivity index (χ4n) is 5.92. The largest absolute Gasteiger partial charge is 0.462 e. The average Bonchev–Trinajstić information content (AvgIpc) is 3.46. The summed E-state index contributed by atoms with van der Waals surface area (Å²) in [5.74, 6) is -0.338. The van der Waals surface area contributed by atoms with Gasteiger partial charge in [-0.05, 0) is 74.0 Å². The van der Waals surface area contributed by atoms with Crippen LogP contribution in [0.4, 0.5) is 15.8 Å². The first-order chi connectivity index (χ1) is 22.8. The number of nitrogens with zero attached hydrogens (tertiary/aromatic N) is 5. The van der Waals surface area contributed by atoms with E-state index in [0.717, 1.165) is 66.4 Å². The number of ether oxygens (including phenoxy) is 2. The van der Waals surface area contributed by atoms with Gasteiger partial charge in [0.1, 0.15) is 11.6 Å². The summed E-state index contributed by atoms with van der Waals surface area (Å²) in [5.41, 5.74) is 12.8. The Kier molecular flexibility index (Phi) is 9.44. The minimum atomic E-state index is -0.389. The maximum Gasteiger partial charge on any atom is 0.338 e. The maximum absolute atomic E-state index is 13.6. The van der Waals surface area contributed by atoms with Crippen LogP contribution in [0.25, 0.3) is 33.5 Å². The smallest absolute Gasteiger partial charge is 0.338 e. The Hall–Kier alpha value is -5.29. The van der Waals surface area contributed by atoms with Gasteiger partial charge in [-0.2, -0.15) is 0 Å². The third kappa shape index (κ3) is 6.95. The first-order valence-electron chi connectivity index (χ1n) is 15.8. The van der Waals surface area contributed by atoms with Gasteiger partial charge in [0.25, 0.3) is 0 Å². The number of halogens is 1. The van der Waals surface area contributed by atoms with Gasteiger partial charge < -0.3 is 24.7 Å². The molecule has 0 bridgehead atoms. The number of benzene rings is 3. The molecule has 1 aliphatic heterocycles. The predicted octanol–water partition coefficient (Wildman–Crippen LogP) is 5.66. The number of nitrogen functional groups attached to an aromatic ring is 1. The molecule has 5 aromatic rings. The summed E-state index contributed by atoms with van der Waals surface area (Å²) in [6.07, 6.45) is 3.52. The lowest BCUT2D eigenvalue weighted by Gasteiger charge is -2.36. The summed E-state index contributed by atoms with van der Waals surface area (Å²) < 4.78 is 26.1. The summed E-state index contributed by atoms with van der Waals surface area (Å²) >= 11 is 0. The number of esters is 2. The summed E-state index contributed by atoms with van der Waals surface area (Å²) in [5, 5.41) is 0. The molecule has 1 aliphatic rings. The molecule has 0 radical (unpaired) electrons. The second-order valence-electron chi connectivity index (χ2n) is 11.3. The van der Waals surface area contributed by atoms with Crippen molar-refractivity contribution in [1.82, 2.24) is 19.4 Å². The van der Waals surface area contributed by atoms with Crippen molar-refractivity contribution >= 4 is 34.3 Å². The molecule has 6 rings (SSSR count). The Morgan fingerprint density at radius 2 is 1.45 bits per heavy atom. The zero-order valence-corrected chi connectivity index (χ0v) is 26.5. The van der Waals surface area contributed by atoms with Gasteiger partial charge in [-0.3, -0.25) is 9.88 Å². The topological polar surface area (TPSA) is 116 Å². The third-order valence-corrected chi connectivity index (χ3v) is 8.32. The number of piperazine rings is 1. The van der Waals surface area contributed by atoms with Crippen LogP contribution in [0.1, 0.15) is 34.6 Å². The van der Waals surface area contributed by atoms with Crippen molar-refractivity contribution in [2.75, 3.05) is 56.6 Å². The molecule has 2 N–H and O–H groups in total. The van der Waals surface area contributed by atoms with Gasteiger partial charge in [-0.1, -0.05) is 12.1 Å². The van der Waals surface area contributed by atoms with Gasteiger partial charge in [0.2, 0.25) is 0 Å². The molecule has 11 heteroatoms. The molecule has 0 atom stereocenters. The van der Waals surface area contributed by atoms with Gasteiger partial charge in [0, 0.05) is 62.8 Å². The minimum absolute atomic E-state index is 0.289. The van der Waals surface area contributed by atoms with Gasteiger partial charge in [0.15, 0.2) is 0 Å². The van der Waals surface area contributed by atoms with E-state index >= 15 is 0 Å². The number of rotatable bonds is 10. The minimum Gasteiger partial charge on any atom is -0.462 e. The summed E-state index contributed by atoms with van der Waals surface area (Å²) in [6.45, 7) is 8.81. The number of hydrogen-bond donors (Lipinski definition) is 1. The first kappa shape index (κ1) is 31.7. The molecule has 3 heterocycles. The van der Waals surface area contributed by atoms with Crippen molar-refractivity contribution in [3.8, 4) is 22.5 Å². The Labute approximate surface area is 272 Å². The normalized spacial score (nSPS) is 13.6. The van der Waals surface area contributed by atoms with Crippen molar-refractivity contribution in [2.24, 2.45) is 0 Å². The van der Waals surface area contributed by atoms with Crippen molar-refractivity contribution in [3.63, 3.8) is 0 Å². The van der Waals surface area contributed by atoms with Crippen LogP contribution in [-0.4, -0.2) is 77.3 Å². The standard InChI is InChI=1S/C36H37FN6O4/c1-3-46-35(44)25-7-11-32(30(38)20-25)42-16-13-41(14-17-42)15-18-43-33-12-8-26(36(45)47-4-2)21-31(33)40-34(43)28-19-27(22-39-23-28)24-5-9-29(37)10-6-24/h5-12,19-23H,3-4,13-18,38H2,1-2H3. The number of pyridine rings is 1. The Morgan fingerprint density at radius 1 is 0.787 bits per heavy atom. The van der Waals surface area contributed by atoms with Crippen molar-refractivity contribution in [3.05, 3.63) is 96.1 Å². The summed E-state index contributed by atoms with van der Waals surface area (Å²) in [6, 6.07) is 19.1. The molecule has 2 aromatic heterocycles. The molecule has 1 saturated heterocycles. The lowest BCUT2D eigenvalue weighted by Crippen LogP contribution is -2.47. The number of carbonyl (C=O) groups excluding carboxylic acids is 2. The zero-order valence-electron chi connectivity index (χ0n) is 26.5. The highest BCUT2D eigenvalue weighted by Gasteiger charge is 2.22. The number of fused-ring (bicyclic) bond motifs is 1. The number of carbonyl (C=O) groups is 2. The van der Waals surface area contributed by atoms with E-state index in [1.807, 2.05) is 18.2 Å². The number of aromatic nitrogens is 3. The van der Waals surface area contributed by atoms with Crippen molar-refractivity contribution in [2.45, 2.75) is 20.4 Å². The van der Waals surface area contributed by atoms with E-state index in [2.05, 4.69) is 19.4 Å². The molecule has 0 spiro atoms. The van der Waals surface area contributed by atoms with Gasteiger partial charge in [-0.25, -0.2) is 19.0 Å². The summed E-state index contributed by atoms with van der Waals surface area (Å²) in [4.78, 5) is 38.7. The van der Waals surface area contributed by atoms with Gasteiger partial charge >= 0.3 is 11.9 Å². The number of hydrogen-bond acceptors (Lipinski definition) is 9. The highest BCUT2D eigenvalue weighted by molar-refractivity contribution is 5.94. The molecule has 0 aliphatic carbocycles. The van der Waals surface area contributed by atoms with Crippen LogP contribution in [0.5, 0.6) is 0 Å². The molecule has 3 aromatic carbocycles. The van der Waals surface area contributed by atoms with Gasteiger partial charge in [0.05, 0.1) is 46.7 Å². The van der Waals surface area contributed by atoms with E-state index in [4.69, 9.17) is 20.2 Å². The van der Waals surface area contributed by atoms with Gasteiger partial charge in [-0.15, -0.1) is 0 Å². The Morgan fingerprint density at radius 3 is 2.13 bits per heavy atom. The number of nitrogens with two attached hydrogens (primary N) is 1. The first-order valence-corrected chi connectivity index (χ1v) is 15.8. The van der Waals surface area contributed by atoms with E-state index in [-0.39, 0.29) is 24.4 Å². The summed E-state index contributed by atoms with van der Waals surface area (Å²) in [7, 11) is 0. The molecular formula is C36H37FN6O4. The van der Waals surface area contributed by atoms with E-state index < -0.39 is 0 Å². The Bertz CT molecular complexity index is 1900. The van der Waals surface area contributed by atoms with Crippen LogP contribution < -0.4 is 10.6 Å². The molecule has 10 nitrogen and oxygen atoms in total. The fourth-order valence-corrected chi connectivity index (χ4v) is 5.92. The van der Waals surface area contributed by atoms with Crippen LogP contribution >= 0.6 is 0 Å². The fraction of sp³-hybridized carbons (Fsp3) is 0.278. The number of imidazole rings is 1. The lowest BCUT2D eigenvalue weighted by atomic mass is 10.1. The highest BCUT2D eigenvalue weighted by Crippen LogP contribution is 2.30. The van der Waals surface area contributed by atoms with Crippen molar-refractivity contribution in [1.29, 1.82) is 0 Å².